The van der Waals surface area contributed by atoms with Crippen LogP contribution in [0, 0.1) is 0 Å². The van der Waals surface area contributed by atoms with Gasteiger partial charge in [0.2, 0.25) is 0 Å². The minimum atomic E-state index is -0.292. The Morgan fingerprint density at radius 2 is 2.17 bits per heavy atom. The van der Waals surface area contributed by atoms with E-state index in [9.17, 15) is 4.79 Å². The molecule has 0 fully saturated rings. The van der Waals surface area contributed by atoms with Crippen LogP contribution < -0.4 is 10.5 Å². The molecule has 1 aromatic carbocycles. The normalized spacial score (nSPS) is 16.5. The van der Waals surface area contributed by atoms with Gasteiger partial charge >= 0.3 is 5.97 Å². The molecule has 2 N–H and O–H groups in total. The van der Waals surface area contributed by atoms with E-state index in [1.54, 1.807) is 14.0 Å². The molecule has 2 aliphatic rings. The molecule has 130 valence electrons. The van der Waals surface area contributed by atoms with Crippen LogP contribution in [0.1, 0.15) is 24.5 Å². The lowest BCUT2D eigenvalue weighted by atomic mass is 9.87. The van der Waals surface area contributed by atoms with Crippen molar-refractivity contribution < 1.29 is 14.3 Å². The third-order valence-electron chi connectivity index (χ3n) is 4.32. The Balaban J connectivity index is 0.00000208. The van der Waals surface area contributed by atoms with E-state index >= 15 is 0 Å². The molecule has 1 aliphatic carbocycles. The topological polar surface area (TPSA) is 64.8 Å². The number of ether oxygens (including phenoxy) is 2. The van der Waals surface area contributed by atoms with E-state index in [1.807, 2.05) is 6.07 Å². The molecule has 0 saturated carbocycles. The van der Waals surface area contributed by atoms with Gasteiger partial charge in [0.25, 0.3) is 0 Å². The highest BCUT2D eigenvalue weighted by molar-refractivity contribution is 5.97. The standard InChI is InChI=1S/C18H22N2O3.ClH/c1-3-23-18(21)16-11-20(7-6-17(16)19)10-13-8-12-4-5-14(22-2)9-15(12)13;/h4-5,8-9H,3,6-7,10-11,19H2,1-2H3;1H. The van der Waals surface area contributed by atoms with Crippen LogP contribution in [0.3, 0.4) is 0 Å². The molecule has 0 unspecified atom stereocenters. The van der Waals surface area contributed by atoms with Crippen LogP contribution in [-0.4, -0.2) is 44.2 Å². The minimum absolute atomic E-state index is 0. The molecule has 3 rings (SSSR count). The predicted molar refractivity (Wildman–Crippen MR) is 97.0 cm³/mol. The Kier molecular flexibility index (Phi) is 5.91. The van der Waals surface area contributed by atoms with Crippen molar-refractivity contribution in [3.05, 3.63) is 40.6 Å². The Morgan fingerprint density at radius 1 is 1.38 bits per heavy atom. The van der Waals surface area contributed by atoms with Crippen LogP contribution in [0.15, 0.2) is 29.5 Å². The van der Waals surface area contributed by atoms with Gasteiger partial charge in [-0.05, 0) is 41.8 Å². The second-order valence-corrected chi connectivity index (χ2v) is 5.81. The monoisotopic (exact) mass is 350 g/mol. The lowest BCUT2D eigenvalue weighted by molar-refractivity contribution is -0.139. The number of carbonyl (C=O) groups excluding carboxylic acids is 1. The third-order valence-corrected chi connectivity index (χ3v) is 4.32. The first-order chi connectivity index (χ1) is 11.1. The second kappa shape index (κ2) is 7.73. The number of rotatable bonds is 5. The zero-order valence-corrected chi connectivity index (χ0v) is 14.8. The molecule has 0 aromatic heterocycles. The van der Waals surface area contributed by atoms with Crippen molar-refractivity contribution in [3.63, 3.8) is 0 Å². The van der Waals surface area contributed by atoms with Crippen molar-refractivity contribution in [1.29, 1.82) is 0 Å². The Bertz CT molecular complexity index is 698. The zero-order chi connectivity index (χ0) is 16.4. The SMILES string of the molecule is CCOC(=O)C1=C(N)CCN(CC2=Cc3ccc(OC)cc32)C1.Cl. The summed E-state index contributed by atoms with van der Waals surface area (Å²) in [4.78, 5) is 14.2. The molecule has 0 spiro atoms. The molecular weight excluding hydrogens is 328 g/mol. The van der Waals surface area contributed by atoms with E-state index < -0.39 is 0 Å². The highest BCUT2D eigenvalue weighted by Crippen LogP contribution is 2.36. The first-order valence-corrected chi connectivity index (χ1v) is 7.88. The summed E-state index contributed by atoms with van der Waals surface area (Å²) in [6, 6.07) is 6.09. The highest BCUT2D eigenvalue weighted by atomic mass is 35.5. The number of nitrogens with two attached hydrogens (primary N) is 1. The molecule has 1 aliphatic heterocycles. The fourth-order valence-corrected chi connectivity index (χ4v) is 3.01. The van der Waals surface area contributed by atoms with Crippen molar-refractivity contribution in [2.24, 2.45) is 5.73 Å². The highest BCUT2D eigenvalue weighted by Gasteiger charge is 2.26. The zero-order valence-electron chi connectivity index (χ0n) is 14.0. The number of benzene rings is 1. The van der Waals surface area contributed by atoms with Crippen LogP contribution in [-0.2, 0) is 9.53 Å². The fourth-order valence-electron chi connectivity index (χ4n) is 3.01. The molecule has 5 nitrogen and oxygen atoms in total. The van der Waals surface area contributed by atoms with Crippen LogP contribution in [0.5, 0.6) is 5.75 Å². The average molecular weight is 351 g/mol. The van der Waals surface area contributed by atoms with Gasteiger partial charge in [-0.25, -0.2) is 4.79 Å². The average Bonchev–Trinajstić information content (AvgIpc) is 2.54. The molecule has 0 amide bonds. The van der Waals surface area contributed by atoms with Crippen molar-refractivity contribution >= 4 is 30.0 Å². The molecule has 6 heteroatoms. The number of fused-ring (bicyclic) bond motifs is 1. The van der Waals surface area contributed by atoms with E-state index in [4.69, 9.17) is 15.2 Å². The van der Waals surface area contributed by atoms with Gasteiger partial charge in [-0.15, -0.1) is 12.4 Å². The van der Waals surface area contributed by atoms with Gasteiger partial charge < -0.3 is 15.2 Å². The largest absolute Gasteiger partial charge is 0.497 e. The molecule has 0 saturated heterocycles. The van der Waals surface area contributed by atoms with Crippen LogP contribution >= 0.6 is 12.4 Å². The fraction of sp³-hybridized carbons (Fsp3) is 0.389. The molecule has 0 radical (unpaired) electrons. The van der Waals surface area contributed by atoms with Crippen molar-refractivity contribution in [1.82, 2.24) is 4.90 Å². The maximum Gasteiger partial charge on any atom is 0.337 e. The summed E-state index contributed by atoms with van der Waals surface area (Å²) in [5.74, 6) is 0.573. The number of hydrogen-bond acceptors (Lipinski definition) is 5. The summed E-state index contributed by atoms with van der Waals surface area (Å²) in [6.07, 6.45) is 2.88. The van der Waals surface area contributed by atoms with Crippen molar-refractivity contribution in [2.45, 2.75) is 13.3 Å². The van der Waals surface area contributed by atoms with Gasteiger partial charge in [0, 0.05) is 31.8 Å². The van der Waals surface area contributed by atoms with Gasteiger partial charge in [-0.2, -0.15) is 0 Å². The van der Waals surface area contributed by atoms with Crippen molar-refractivity contribution in [2.75, 3.05) is 33.4 Å². The molecule has 1 aromatic rings. The summed E-state index contributed by atoms with van der Waals surface area (Å²) >= 11 is 0. The number of halogens is 1. The Hall–Kier alpha value is -1.98. The van der Waals surface area contributed by atoms with Crippen LogP contribution in [0.25, 0.3) is 11.6 Å². The molecule has 0 atom stereocenters. The Labute approximate surface area is 148 Å². The van der Waals surface area contributed by atoms with Gasteiger partial charge in [-0.1, -0.05) is 6.07 Å². The first-order valence-electron chi connectivity index (χ1n) is 7.88. The molecule has 24 heavy (non-hydrogen) atoms. The van der Waals surface area contributed by atoms with E-state index in [-0.39, 0.29) is 18.4 Å². The van der Waals surface area contributed by atoms with Crippen LogP contribution in [0.2, 0.25) is 0 Å². The van der Waals surface area contributed by atoms with Gasteiger partial charge in [0.15, 0.2) is 0 Å². The van der Waals surface area contributed by atoms with Gasteiger partial charge in [0.05, 0.1) is 19.3 Å². The van der Waals surface area contributed by atoms with E-state index in [0.29, 0.717) is 30.8 Å². The summed E-state index contributed by atoms with van der Waals surface area (Å²) in [5, 5.41) is 0. The number of esters is 1. The smallest absolute Gasteiger partial charge is 0.337 e. The first kappa shape index (κ1) is 18.4. The summed E-state index contributed by atoms with van der Waals surface area (Å²) in [5.41, 5.74) is 11.0. The minimum Gasteiger partial charge on any atom is -0.497 e. The third kappa shape index (κ3) is 3.57. The lowest BCUT2D eigenvalue weighted by Gasteiger charge is -2.32. The molecular formula is C18H23ClN2O3. The van der Waals surface area contributed by atoms with Crippen molar-refractivity contribution in [3.8, 4) is 5.75 Å². The number of nitrogens with zero attached hydrogens (tertiary/aromatic N) is 1. The summed E-state index contributed by atoms with van der Waals surface area (Å²) in [7, 11) is 1.67. The molecule has 0 bridgehead atoms. The lowest BCUT2D eigenvalue weighted by Crippen LogP contribution is -2.37. The number of hydrogen-bond donors (Lipinski definition) is 1. The van der Waals surface area contributed by atoms with Gasteiger partial charge in [-0.3, -0.25) is 4.90 Å². The Morgan fingerprint density at radius 3 is 2.88 bits per heavy atom. The van der Waals surface area contributed by atoms with E-state index in [2.05, 4.69) is 23.1 Å². The summed E-state index contributed by atoms with van der Waals surface area (Å²) in [6.45, 7) is 4.37. The van der Waals surface area contributed by atoms with E-state index in [0.717, 1.165) is 18.8 Å². The van der Waals surface area contributed by atoms with Gasteiger partial charge in [0.1, 0.15) is 5.75 Å². The number of methoxy groups -OCH3 is 1. The quantitative estimate of drug-likeness (QED) is 0.826. The second-order valence-electron chi connectivity index (χ2n) is 5.81. The van der Waals surface area contributed by atoms with E-state index in [1.165, 1.54) is 16.7 Å². The summed E-state index contributed by atoms with van der Waals surface area (Å²) < 4.78 is 10.4. The maximum absolute atomic E-state index is 12.0. The molecule has 1 heterocycles. The predicted octanol–water partition coefficient (Wildman–Crippen LogP) is 2.45. The van der Waals surface area contributed by atoms with Crippen LogP contribution in [0.4, 0.5) is 0 Å². The number of carbonyl (C=O) groups is 1. The maximum atomic E-state index is 12.0.